The number of hydrogen-bond donors (Lipinski definition) is 1. The molecule has 1 saturated heterocycles. The molecular weight excluding hydrogens is 316 g/mol. The van der Waals surface area contributed by atoms with E-state index < -0.39 is 0 Å². The van der Waals surface area contributed by atoms with Crippen molar-refractivity contribution in [2.45, 2.75) is 44.1 Å². The molecule has 6 heteroatoms. The molecule has 0 radical (unpaired) electrons. The molecule has 3 heterocycles. The van der Waals surface area contributed by atoms with Crippen LogP contribution in [0.3, 0.4) is 0 Å². The Morgan fingerprint density at radius 2 is 1.96 bits per heavy atom. The first-order chi connectivity index (χ1) is 12.3. The van der Waals surface area contributed by atoms with Crippen molar-refractivity contribution in [3.63, 3.8) is 0 Å². The highest BCUT2D eigenvalue weighted by atomic mass is 16.5. The van der Waals surface area contributed by atoms with E-state index in [9.17, 15) is 4.79 Å². The number of amides is 1. The predicted molar refractivity (Wildman–Crippen MR) is 93.3 cm³/mol. The van der Waals surface area contributed by atoms with Crippen LogP contribution >= 0.6 is 0 Å². The van der Waals surface area contributed by atoms with Crippen molar-refractivity contribution >= 4 is 5.91 Å². The maximum Gasteiger partial charge on any atom is 0.273 e. The zero-order chi connectivity index (χ0) is 17.1. The Morgan fingerprint density at radius 1 is 1.20 bits per heavy atom. The SMILES string of the molecule is O=C(NC1CCN(CCc2ccncc2)CC1)c1cc(C2CC2)on1. The van der Waals surface area contributed by atoms with Crippen LogP contribution in [0.4, 0.5) is 0 Å². The summed E-state index contributed by atoms with van der Waals surface area (Å²) in [5.74, 6) is 1.24. The second-order valence-corrected chi connectivity index (χ2v) is 7.08. The molecule has 0 spiro atoms. The number of carbonyl (C=O) groups is 1. The molecule has 2 aromatic rings. The molecule has 1 saturated carbocycles. The van der Waals surface area contributed by atoms with Gasteiger partial charge in [-0.1, -0.05) is 5.16 Å². The number of carbonyl (C=O) groups excluding carboxylic acids is 1. The summed E-state index contributed by atoms with van der Waals surface area (Å²) < 4.78 is 5.27. The van der Waals surface area contributed by atoms with Gasteiger partial charge in [-0.2, -0.15) is 0 Å². The first kappa shape index (κ1) is 16.3. The summed E-state index contributed by atoms with van der Waals surface area (Å²) in [5.41, 5.74) is 1.74. The van der Waals surface area contributed by atoms with E-state index in [1.807, 2.05) is 12.4 Å². The van der Waals surface area contributed by atoms with E-state index in [1.54, 1.807) is 6.07 Å². The van der Waals surface area contributed by atoms with E-state index in [4.69, 9.17) is 4.52 Å². The Balaban J connectivity index is 1.21. The minimum atomic E-state index is -0.106. The molecule has 1 N–H and O–H groups in total. The maximum atomic E-state index is 12.3. The summed E-state index contributed by atoms with van der Waals surface area (Å²) in [6.45, 7) is 3.09. The van der Waals surface area contributed by atoms with E-state index in [-0.39, 0.29) is 11.9 Å². The third-order valence-corrected chi connectivity index (χ3v) is 5.13. The van der Waals surface area contributed by atoms with Gasteiger partial charge in [-0.15, -0.1) is 0 Å². The first-order valence-electron chi connectivity index (χ1n) is 9.16. The van der Waals surface area contributed by atoms with E-state index in [2.05, 4.69) is 32.5 Å². The Bertz CT molecular complexity index is 703. The van der Waals surface area contributed by atoms with Gasteiger partial charge in [0.05, 0.1) is 0 Å². The van der Waals surface area contributed by atoms with Crippen LogP contribution in [0.5, 0.6) is 0 Å². The Labute approximate surface area is 147 Å². The van der Waals surface area contributed by atoms with Crippen LogP contribution in [0.2, 0.25) is 0 Å². The standard InChI is InChI=1S/C19H24N4O2/c24-19(17-13-18(25-22-17)15-1-2-15)21-16-6-11-23(12-7-16)10-5-14-3-8-20-9-4-14/h3-4,8-9,13,15-16H,1-2,5-7,10-12H2,(H,21,24). The van der Waals surface area contributed by atoms with Crippen LogP contribution in [0.15, 0.2) is 35.1 Å². The molecule has 0 unspecified atom stereocenters. The summed E-state index contributed by atoms with van der Waals surface area (Å²) in [4.78, 5) is 18.8. The van der Waals surface area contributed by atoms with Crippen LogP contribution in [0.1, 0.15) is 53.4 Å². The van der Waals surface area contributed by atoms with E-state index >= 15 is 0 Å². The number of hydrogen-bond acceptors (Lipinski definition) is 5. The monoisotopic (exact) mass is 340 g/mol. The van der Waals surface area contributed by atoms with Gasteiger partial charge in [-0.25, -0.2) is 0 Å². The van der Waals surface area contributed by atoms with E-state index in [1.165, 1.54) is 5.56 Å². The molecule has 25 heavy (non-hydrogen) atoms. The predicted octanol–water partition coefficient (Wildman–Crippen LogP) is 2.38. The lowest BCUT2D eigenvalue weighted by Gasteiger charge is -2.32. The third kappa shape index (κ3) is 4.25. The van der Waals surface area contributed by atoms with Crippen molar-refractivity contribution in [1.29, 1.82) is 0 Å². The largest absolute Gasteiger partial charge is 0.360 e. The van der Waals surface area contributed by atoms with Crippen LogP contribution in [0, 0.1) is 0 Å². The lowest BCUT2D eigenvalue weighted by molar-refractivity contribution is 0.0902. The van der Waals surface area contributed by atoms with Crippen molar-refractivity contribution < 1.29 is 9.32 Å². The highest BCUT2D eigenvalue weighted by Gasteiger charge is 2.29. The molecule has 0 atom stereocenters. The molecule has 2 fully saturated rings. The second kappa shape index (κ2) is 7.35. The average molecular weight is 340 g/mol. The first-order valence-corrected chi connectivity index (χ1v) is 9.16. The lowest BCUT2D eigenvalue weighted by atomic mass is 10.0. The van der Waals surface area contributed by atoms with Gasteiger partial charge in [0.15, 0.2) is 5.69 Å². The molecule has 6 nitrogen and oxygen atoms in total. The molecule has 132 valence electrons. The smallest absolute Gasteiger partial charge is 0.273 e. The van der Waals surface area contributed by atoms with Crippen molar-refractivity contribution in [3.8, 4) is 0 Å². The van der Waals surface area contributed by atoms with Crippen LogP contribution in [-0.4, -0.2) is 46.6 Å². The van der Waals surface area contributed by atoms with E-state index in [0.29, 0.717) is 11.6 Å². The van der Waals surface area contributed by atoms with Gasteiger partial charge >= 0.3 is 0 Å². The number of aromatic nitrogens is 2. The number of nitrogens with zero attached hydrogens (tertiary/aromatic N) is 3. The maximum absolute atomic E-state index is 12.3. The quantitative estimate of drug-likeness (QED) is 0.874. The summed E-state index contributed by atoms with van der Waals surface area (Å²) in [7, 11) is 0. The second-order valence-electron chi connectivity index (χ2n) is 7.08. The summed E-state index contributed by atoms with van der Waals surface area (Å²) >= 11 is 0. The molecule has 1 aliphatic heterocycles. The normalized spacial score (nSPS) is 19.0. The van der Waals surface area contributed by atoms with Crippen molar-refractivity contribution in [2.75, 3.05) is 19.6 Å². The van der Waals surface area contributed by atoms with Crippen molar-refractivity contribution in [2.24, 2.45) is 0 Å². The molecule has 0 aromatic carbocycles. The van der Waals surface area contributed by atoms with Gasteiger partial charge in [-0.3, -0.25) is 9.78 Å². The fraction of sp³-hybridized carbons (Fsp3) is 0.526. The number of piperidine rings is 1. The van der Waals surface area contributed by atoms with Gasteiger partial charge in [0.25, 0.3) is 5.91 Å². The van der Waals surface area contributed by atoms with Gasteiger partial charge in [-0.05, 0) is 49.8 Å². The zero-order valence-corrected chi connectivity index (χ0v) is 14.4. The fourth-order valence-electron chi connectivity index (χ4n) is 3.35. The number of pyridine rings is 1. The van der Waals surface area contributed by atoms with E-state index in [0.717, 1.165) is 57.5 Å². The molecule has 1 aliphatic carbocycles. The van der Waals surface area contributed by atoms with Gasteiger partial charge in [0.2, 0.25) is 0 Å². The van der Waals surface area contributed by atoms with Gasteiger partial charge in [0.1, 0.15) is 5.76 Å². The molecule has 2 aromatic heterocycles. The number of likely N-dealkylation sites (tertiary alicyclic amines) is 1. The van der Waals surface area contributed by atoms with Crippen molar-refractivity contribution in [1.82, 2.24) is 20.4 Å². The van der Waals surface area contributed by atoms with Crippen molar-refractivity contribution in [3.05, 3.63) is 47.6 Å². The summed E-state index contributed by atoms with van der Waals surface area (Å²) in [6.07, 6.45) is 8.99. The molecule has 2 aliphatic rings. The van der Waals surface area contributed by atoms with Crippen LogP contribution in [0.25, 0.3) is 0 Å². The Morgan fingerprint density at radius 3 is 2.68 bits per heavy atom. The minimum Gasteiger partial charge on any atom is -0.360 e. The highest BCUT2D eigenvalue weighted by molar-refractivity contribution is 5.92. The van der Waals surface area contributed by atoms with Gasteiger partial charge < -0.3 is 14.7 Å². The average Bonchev–Trinajstić information content (AvgIpc) is 3.38. The summed E-state index contributed by atoms with van der Waals surface area (Å²) in [6, 6.07) is 6.17. The summed E-state index contributed by atoms with van der Waals surface area (Å²) in [5, 5.41) is 7.02. The minimum absolute atomic E-state index is 0.106. The molecule has 4 rings (SSSR count). The fourth-order valence-corrected chi connectivity index (χ4v) is 3.35. The number of rotatable bonds is 6. The zero-order valence-electron chi connectivity index (χ0n) is 14.4. The third-order valence-electron chi connectivity index (χ3n) is 5.13. The van der Waals surface area contributed by atoms with Gasteiger partial charge in [0, 0.05) is 50.1 Å². The Hall–Kier alpha value is -2.21. The van der Waals surface area contributed by atoms with Crippen LogP contribution in [-0.2, 0) is 6.42 Å². The lowest BCUT2D eigenvalue weighted by Crippen LogP contribution is -2.45. The van der Waals surface area contributed by atoms with Crippen LogP contribution < -0.4 is 5.32 Å². The molecule has 0 bridgehead atoms. The number of nitrogens with one attached hydrogen (secondary N) is 1. The molecular formula is C19H24N4O2. The topological polar surface area (TPSA) is 71.3 Å². The Kier molecular flexibility index (Phi) is 4.78. The highest BCUT2D eigenvalue weighted by Crippen LogP contribution is 2.40. The molecule has 1 amide bonds.